The van der Waals surface area contributed by atoms with Crippen molar-refractivity contribution in [2.75, 3.05) is 13.1 Å². The number of halogens is 1. The molecule has 6 nitrogen and oxygen atoms in total. The van der Waals surface area contributed by atoms with Gasteiger partial charge in [0.05, 0.1) is 17.4 Å². The monoisotopic (exact) mass is 414 g/mol. The molecule has 0 spiro atoms. The van der Waals surface area contributed by atoms with Gasteiger partial charge in [-0.05, 0) is 52.0 Å². The topological polar surface area (TPSA) is 60.2 Å². The van der Waals surface area contributed by atoms with Crippen LogP contribution in [0.3, 0.4) is 0 Å². The molecule has 0 unspecified atom stereocenters. The molecule has 29 heavy (non-hydrogen) atoms. The maximum absolute atomic E-state index is 12.2. The van der Waals surface area contributed by atoms with E-state index < -0.39 is 5.60 Å². The second kappa shape index (κ2) is 7.82. The number of ether oxygens (including phenoxy) is 1. The van der Waals surface area contributed by atoms with Crippen molar-refractivity contribution in [2.24, 2.45) is 5.92 Å². The fourth-order valence-electron chi connectivity index (χ4n) is 3.97. The first-order valence-electron chi connectivity index (χ1n) is 10.2. The molecule has 1 amide bonds. The Morgan fingerprint density at radius 2 is 1.97 bits per heavy atom. The van der Waals surface area contributed by atoms with E-state index in [0.717, 1.165) is 60.8 Å². The minimum Gasteiger partial charge on any atom is -0.444 e. The number of imidazole rings is 1. The standard InChI is InChI=1S/C22H27ClN4O2/c1-22(2,3)29-21(28)26-11-8-15(9-12-26)10-13-27-14-24-18-19(27)16-6-4-5-7-17(16)25-20(18)23/h4-7,14-15H,8-13H2,1-3H3. The van der Waals surface area contributed by atoms with Gasteiger partial charge >= 0.3 is 6.09 Å². The molecule has 1 aliphatic heterocycles. The van der Waals surface area contributed by atoms with Crippen LogP contribution in [0.1, 0.15) is 40.0 Å². The van der Waals surface area contributed by atoms with E-state index in [2.05, 4.69) is 20.6 Å². The third-order valence-electron chi connectivity index (χ3n) is 5.46. The Bertz CT molecular complexity index is 1030. The summed E-state index contributed by atoms with van der Waals surface area (Å²) in [6, 6.07) is 8.03. The first kappa shape index (κ1) is 20.0. The number of para-hydroxylation sites is 1. The molecule has 0 N–H and O–H groups in total. The molecule has 0 atom stereocenters. The Morgan fingerprint density at radius 1 is 1.24 bits per heavy atom. The number of amides is 1. The van der Waals surface area contributed by atoms with Gasteiger partial charge in [0.2, 0.25) is 0 Å². The van der Waals surface area contributed by atoms with Crippen molar-refractivity contribution in [3.63, 3.8) is 0 Å². The van der Waals surface area contributed by atoms with Crippen LogP contribution in [0.15, 0.2) is 30.6 Å². The number of rotatable bonds is 3. The van der Waals surface area contributed by atoms with Gasteiger partial charge < -0.3 is 14.2 Å². The van der Waals surface area contributed by atoms with Crippen molar-refractivity contribution in [1.29, 1.82) is 0 Å². The molecule has 1 aliphatic rings. The molecule has 4 rings (SSSR count). The number of aryl methyl sites for hydroxylation is 1. The highest BCUT2D eigenvalue weighted by atomic mass is 35.5. The third kappa shape index (κ3) is 4.32. The molecule has 0 bridgehead atoms. The second-order valence-corrected chi connectivity index (χ2v) is 9.11. The van der Waals surface area contributed by atoms with Gasteiger partial charge in [-0.25, -0.2) is 14.8 Å². The van der Waals surface area contributed by atoms with E-state index in [1.54, 1.807) is 0 Å². The Labute approximate surface area is 175 Å². The molecule has 1 saturated heterocycles. The lowest BCUT2D eigenvalue weighted by Gasteiger charge is -2.33. The van der Waals surface area contributed by atoms with Crippen molar-refractivity contribution in [3.05, 3.63) is 35.7 Å². The quantitative estimate of drug-likeness (QED) is 0.547. The zero-order valence-electron chi connectivity index (χ0n) is 17.2. The highest BCUT2D eigenvalue weighted by molar-refractivity contribution is 6.35. The number of hydrogen-bond donors (Lipinski definition) is 0. The SMILES string of the molecule is CC(C)(C)OC(=O)N1CCC(CCn2cnc3c(Cl)nc4ccccc4c32)CC1. The van der Waals surface area contributed by atoms with Crippen molar-refractivity contribution in [3.8, 4) is 0 Å². The molecule has 1 aromatic carbocycles. The number of likely N-dealkylation sites (tertiary alicyclic amines) is 1. The molecule has 3 heterocycles. The smallest absolute Gasteiger partial charge is 0.410 e. The Kier molecular flexibility index (Phi) is 5.38. The van der Waals surface area contributed by atoms with E-state index in [-0.39, 0.29) is 6.09 Å². The first-order valence-corrected chi connectivity index (χ1v) is 10.6. The van der Waals surface area contributed by atoms with Gasteiger partial charge in [0.25, 0.3) is 0 Å². The summed E-state index contributed by atoms with van der Waals surface area (Å²) in [5.41, 5.74) is 2.24. The Morgan fingerprint density at radius 3 is 2.69 bits per heavy atom. The van der Waals surface area contributed by atoms with E-state index in [9.17, 15) is 4.79 Å². The maximum Gasteiger partial charge on any atom is 0.410 e. The lowest BCUT2D eigenvalue weighted by molar-refractivity contribution is 0.0180. The van der Waals surface area contributed by atoms with Gasteiger partial charge in [0.15, 0.2) is 5.15 Å². The van der Waals surface area contributed by atoms with Crippen molar-refractivity contribution in [2.45, 2.75) is 52.2 Å². The number of aromatic nitrogens is 3. The first-order chi connectivity index (χ1) is 13.8. The minimum atomic E-state index is -0.449. The molecule has 154 valence electrons. The van der Waals surface area contributed by atoms with Gasteiger partial charge in [-0.2, -0.15) is 0 Å². The number of carbonyl (C=O) groups excluding carboxylic acids is 1. The molecule has 0 radical (unpaired) electrons. The van der Waals surface area contributed by atoms with Gasteiger partial charge in [-0.1, -0.05) is 29.8 Å². The summed E-state index contributed by atoms with van der Waals surface area (Å²) in [5.74, 6) is 0.578. The molecular weight excluding hydrogens is 388 g/mol. The van der Waals surface area contributed by atoms with Crippen LogP contribution in [0.25, 0.3) is 21.9 Å². The summed E-state index contributed by atoms with van der Waals surface area (Å²) < 4.78 is 7.67. The Balaban J connectivity index is 1.42. The van der Waals surface area contributed by atoms with Gasteiger partial charge in [-0.3, -0.25) is 0 Å². The molecular formula is C22H27ClN4O2. The van der Waals surface area contributed by atoms with E-state index in [4.69, 9.17) is 16.3 Å². The van der Waals surface area contributed by atoms with Crippen LogP contribution >= 0.6 is 11.6 Å². The maximum atomic E-state index is 12.2. The molecule has 7 heteroatoms. The molecule has 0 saturated carbocycles. The zero-order valence-corrected chi connectivity index (χ0v) is 17.9. The van der Waals surface area contributed by atoms with Gasteiger partial charge in [0, 0.05) is 25.0 Å². The van der Waals surface area contributed by atoms with Crippen LogP contribution in [0, 0.1) is 5.92 Å². The number of pyridine rings is 1. The van der Waals surface area contributed by atoms with Crippen molar-refractivity contribution in [1.82, 2.24) is 19.4 Å². The van der Waals surface area contributed by atoms with Crippen molar-refractivity contribution >= 4 is 39.6 Å². The van der Waals surface area contributed by atoms with Gasteiger partial charge in [0.1, 0.15) is 11.1 Å². The average molecular weight is 415 g/mol. The zero-order chi connectivity index (χ0) is 20.6. The minimum absolute atomic E-state index is 0.204. The van der Waals surface area contributed by atoms with E-state index in [1.807, 2.05) is 50.2 Å². The van der Waals surface area contributed by atoms with Crippen LogP contribution < -0.4 is 0 Å². The number of hydrogen-bond acceptors (Lipinski definition) is 4. The fourth-order valence-corrected chi connectivity index (χ4v) is 4.20. The number of benzene rings is 1. The molecule has 3 aromatic rings. The highest BCUT2D eigenvalue weighted by Gasteiger charge is 2.27. The summed E-state index contributed by atoms with van der Waals surface area (Å²) in [6.07, 6.45) is 4.69. The highest BCUT2D eigenvalue weighted by Crippen LogP contribution is 2.29. The number of carbonyl (C=O) groups is 1. The van der Waals surface area contributed by atoms with E-state index in [1.165, 1.54) is 0 Å². The number of nitrogens with zero attached hydrogens (tertiary/aromatic N) is 4. The predicted octanol–water partition coefficient (Wildman–Crippen LogP) is 5.28. The summed E-state index contributed by atoms with van der Waals surface area (Å²) in [4.78, 5) is 23.0. The molecule has 1 fully saturated rings. The summed E-state index contributed by atoms with van der Waals surface area (Å²) in [7, 11) is 0. The summed E-state index contributed by atoms with van der Waals surface area (Å²) in [5, 5.41) is 1.52. The van der Waals surface area contributed by atoms with Crippen LogP contribution in [0.2, 0.25) is 5.15 Å². The molecule has 0 aliphatic carbocycles. The lowest BCUT2D eigenvalue weighted by Crippen LogP contribution is -2.41. The summed E-state index contributed by atoms with van der Waals surface area (Å²) in [6.45, 7) is 8.08. The lowest BCUT2D eigenvalue weighted by atomic mass is 9.93. The predicted molar refractivity (Wildman–Crippen MR) is 115 cm³/mol. The van der Waals surface area contributed by atoms with E-state index in [0.29, 0.717) is 11.1 Å². The summed E-state index contributed by atoms with van der Waals surface area (Å²) >= 11 is 6.35. The third-order valence-corrected chi connectivity index (χ3v) is 5.72. The van der Waals surface area contributed by atoms with Crippen LogP contribution in [-0.4, -0.2) is 44.2 Å². The number of fused-ring (bicyclic) bond motifs is 3. The normalized spacial score (nSPS) is 15.9. The molecule has 2 aromatic heterocycles. The van der Waals surface area contributed by atoms with E-state index >= 15 is 0 Å². The fraction of sp³-hybridized carbons (Fsp3) is 0.500. The van der Waals surface area contributed by atoms with Gasteiger partial charge in [-0.15, -0.1) is 0 Å². The van der Waals surface area contributed by atoms with Crippen LogP contribution in [0.5, 0.6) is 0 Å². The Hall–Kier alpha value is -2.34. The van der Waals surface area contributed by atoms with Crippen LogP contribution in [0.4, 0.5) is 4.79 Å². The van der Waals surface area contributed by atoms with Crippen LogP contribution in [-0.2, 0) is 11.3 Å². The largest absolute Gasteiger partial charge is 0.444 e. The van der Waals surface area contributed by atoms with Crippen molar-refractivity contribution < 1.29 is 9.53 Å². The number of piperidine rings is 1. The average Bonchev–Trinajstić information content (AvgIpc) is 3.10. The second-order valence-electron chi connectivity index (χ2n) is 8.75.